The van der Waals surface area contributed by atoms with Crippen molar-refractivity contribution >= 4 is 34.5 Å². The van der Waals surface area contributed by atoms with Gasteiger partial charge in [-0.05, 0) is 39.8 Å². The molecule has 1 aliphatic heterocycles. The third-order valence-corrected chi connectivity index (χ3v) is 6.37. The number of anilines is 3. The van der Waals surface area contributed by atoms with Crippen LogP contribution in [0.3, 0.4) is 0 Å². The predicted octanol–water partition coefficient (Wildman–Crippen LogP) is 2.57. The molecule has 1 aromatic carbocycles. The van der Waals surface area contributed by atoms with E-state index in [1.54, 1.807) is 57.0 Å². The maximum atomic E-state index is 12.2. The molecule has 1 amide bonds. The Balaban J connectivity index is 1.23. The van der Waals surface area contributed by atoms with E-state index >= 15 is 0 Å². The van der Waals surface area contributed by atoms with Crippen molar-refractivity contribution in [1.82, 2.24) is 24.7 Å². The molecule has 0 saturated carbocycles. The van der Waals surface area contributed by atoms with Crippen LogP contribution in [0.25, 0.3) is 11.1 Å². The van der Waals surface area contributed by atoms with Crippen LogP contribution in [0, 0.1) is 0 Å². The van der Waals surface area contributed by atoms with Gasteiger partial charge in [0.2, 0.25) is 0 Å². The zero-order valence-corrected chi connectivity index (χ0v) is 23.0. The van der Waals surface area contributed by atoms with E-state index in [0.29, 0.717) is 66.9 Å². The van der Waals surface area contributed by atoms with Crippen molar-refractivity contribution in [3.05, 3.63) is 48.2 Å². The highest BCUT2D eigenvalue weighted by Crippen LogP contribution is 2.34. The summed E-state index contributed by atoms with van der Waals surface area (Å²) in [6.07, 6.45) is 5.41. The minimum absolute atomic E-state index is 0.0185. The molecule has 5 rings (SSSR count). The highest BCUT2D eigenvalue weighted by atomic mass is 16.5. The lowest BCUT2D eigenvalue weighted by Crippen LogP contribution is -2.45. The molecule has 13 nitrogen and oxygen atoms in total. The molecule has 0 unspecified atom stereocenters. The van der Waals surface area contributed by atoms with Crippen LogP contribution in [0.4, 0.5) is 17.5 Å². The van der Waals surface area contributed by atoms with Crippen molar-refractivity contribution in [1.29, 1.82) is 0 Å². The SMILES string of the molecule is CC(C)(O)CCOc1ccc2nc(N3CC(c4cnc(Nc5cnn(CC(C)(C)O)c5)c(C(N)=O)n4)C3)oc2c1. The normalized spacial score (nSPS) is 14.4. The largest absolute Gasteiger partial charge is 0.493 e. The minimum Gasteiger partial charge on any atom is -0.493 e. The topological polar surface area (TPSA) is 178 Å². The van der Waals surface area contributed by atoms with Crippen molar-refractivity contribution in [3.63, 3.8) is 0 Å². The highest BCUT2D eigenvalue weighted by molar-refractivity contribution is 5.96. The number of benzene rings is 1. The number of amides is 1. The number of hydrogen-bond acceptors (Lipinski definition) is 11. The number of fused-ring (bicyclic) bond motifs is 1. The summed E-state index contributed by atoms with van der Waals surface area (Å²) in [7, 11) is 0. The van der Waals surface area contributed by atoms with Crippen molar-refractivity contribution < 1.29 is 24.2 Å². The van der Waals surface area contributed by atoms with Gasteiger partial charge in [0.1, 0.15) is 11.3 Å². The number of rotatable bonds is 11. The number of nitrogens with two attached hydrogens (primary N) is 1. The zero-order valence-electron chi connectivity index (χ0n) is 23.0. The van der Waals surface area contributed by atoms with E-state index in [1.807, 2.05) is 17.0 Å². The van der Waals surface area contributed by atoms with Crippen LogP contribution in [0.5, 0.6) is 5.75 Å². The van der Waals surface area contributed by atoms with E-state index in [0.717, 1.165) is 0 Å². The van der Waals surface area contributed by atoms with Crippen LogP contribution < -0.4 is 20.7 Å². The lowest BCUT2D eigenvalue weighted by molar-refractivity contribution is 0.0551. The molecule has 3 aromatic heterocycles. The van der Waals surface area contributed by atoms with Gasteiger partial charge in [0, 0.05) is 37.7 Å². The van der Waals surface area contributed by atoms with Crippen molar-refractivity contribution in [2.75, 3.05) is 29.9 Å². The summed E-state index contributed by atoms with van der Waals surface area (Å²) in [6, 6.07) is 5.94. The van der Waals surface area contributed by atoms with Crippen LogP contribution in [-0.2, 0) is 6.54 Å². The van der Waals surface area contributed by atoms with E-state index in [9.17, 15) is 15.0 Å². The van der Waals surface area contributed by atoms with Gasteiger partial charge in [-0.15, -0.1) is 0 Å². The summed E-state index contributed by atoms with van der Waals surface area (Å²) >= 11 is 0. The molecular weight excluding hydrogens is 516 g/mol. The van der Waals surface area contributed by atoms with Crippen molar-refractivity contribution in [2.24, 2.45) is 5.73 Å². The smallest absolute Gasteiger partial charge is 0.298 e. The van der Waals surface area contributed by atoms with E-state index < -0.39 is 17.1 Å². The number of primary amides is 1. The highest BCUT2D eigenvalue weighted by Gasteiger charge is 2.33. The average Bonchev–Trinajstić information content (AvgIpc) is 3.42. The Bertz CT molecular complexity index is 1510. The lowest BCUT2D eigenvalue weighted by atomic mass is 9.97. The molecule has 1 saturated heterocycles. The third kappa shape index (κ3) is 6.49. The Kier molecular flexibility index (Phi) is 7.10. The van der Waals surface area contributed by atoms with E-state index in [-0.39, 0.29) is 17.4 Å². The fraction of sp³-hybridized carbons (Fsp3) is 0.444. The Hall–Kier alpha value is -4.23. The number of hydrogen-bond donors (Lipinski definition) is 4. The maximum absolute atomic E-state index is 12.2. The molecular formula is C27H34N8O5. The number of aliphatic hydroxyl groups is 2. The molecule has 212 valence electrons. The Morgan fingerprint density at radius 1 is 1.18 bits per heavy atom. The monoisotopic (exact) mass is 550 g/mol. The fourth-order valence-electron chi connectivity index (χ4n) is 4.27. The first-order valence-electron chi connectivity index (χ1n) is 13.0. The van der Waals surface area contributed by atoms with E-state index in [2.05, 4.69) is 25.4 Å². The van der Waals surface area contributed by atoms with E-state index in [4.69, 9.17) is 14.9 Å². The van der Waals surface area contributed by atoms with Crippen LogP contribution in [0.15, 0.2) is 41.2 Å². The van der Waals surface area contributed by atoms with Gasteiger partial charge in [-0.2, -0.15) is 10.1 Å². The number of oxazole rings is 1. The summed E-state index contributed by atoms with van der Waals surface area (Å²) < 4.78 is 13.3. The fourth-order valence-corrected chi connectivity index (χ4v) is 4.27. The van der Waals surface area contributed by atoms with Gasteiger partial charge in [0.05, 0.1) is 48.1 Å². The molecule has 0 atom stereocenters. The van der Waals surface area contributed by atoms with Gasteiger partial charge in [-0.1, -0.05) is 0 Å². The number of carbonyl (C=O) groups excluding carboxylic acids is 1. The number of carbonyl (C=O) groups is 1. The van der Waals surface area contributed by atoms with E-state index in [1.165, 1.54) is 0 Å². The zero-order chi connectivity index (χ0) is 28.7. The second-order valence-electron chi connectivity index (χ2n) is 11.4. The summed E-state index contributed by atoms with van der Waals surface area (Å²) in [6.45, 7) is 8.73. The first kappa shape index (κ1) is 27.3. The third-order valence-electron chi connectivity index (χ3n) is 6.37. The Morgan fingerprint density at radius 2 is 1.95 bits per heavy atom. The number of nitrogens with one attached hydrogen (secondary N) is 1. The van der Waals surface area contributed by atoms with Gasteiger partial charge in [-0.3, -0.25) is 9.48 Å². The van der Waals surface area contributed by atoms with Crippen LogP contribution in [-0.4, -0.2) is 71.8 Å². The van der Waals surface area contributed by atoms with Crippen LogP contribution in [0.1, 0.15) is 56.2 Å². The van der Waals surface area contributed by atoms with Crippen molar-refractivity contribution in [3.8, 4) is 5.75 Å². The van der Waals surface area contributed by atoms with Gasteiger partial charge in [0.25, 0.3) is 11.9 Å². The average molecular weight is 551 g/mol. The molecule has 4 aromatic rings. The second-order valence-corrected chi connectivity index (χ2v) is 11.4. The molecule has 0 bridgehead atoms. The van der Waals surface area contributed by atoms with Gasteiger partial charge >= 0.3 is 0 Å². The molecule has 0 radical (unpaired) electrons. The lowest BCUT2D eigenvalue weighted by Gasteiger charge is -2.37. The molecule has 40 heavy (non-hydrogen) atoms. The van der Waals surface area contributed by atoms with Gasteiger partial charge in [-0.25, -0.2) is 9.97 Å². The quantitative estimate of drug-likeness (QED) is 0.216. The summed E-state index contributed by atoms with van der Waals surface area (Å²) in [4.78, 5) is 27.7. The number of aromatic nitrogens is 5. The van der Waals surface area contributed by atoms with Crippen LogP contribution in [0.2, 0.25) is 0 Å². The predicted molar refractivity (Wildman–Crippen MR) is 148 cm³/mol. The number of nitrogens with zero attached hydrogens (tertiary/aromatic N) is 6. The molecule has 0 aliphatic carbocycles. The van der Waals surface area contributed by atoms with Crippen LogP contribution >= 0.6 is 0 Å². The molecule has 5 N–H and O–H groups in total. The molecule has 0 spiro atoms. The minimum atomic E-state index is -0.923. The van der Waals surface area contributed by atoms with Gasteiger partial charge < -0.3 is 35.3 Å². The first-order chi connectivity index (χ1) is 18.8. The Morgan fingerprint density at radius 3 is 2.65 bits per heavy atom. The maximum Gasteiger partial charge on any atom is 0.298 e. The summed E-state index contributed by atoms with van der Waals surface area (Å²) in [5.74, 6) is 0.199. The second kappa shape index (κ2) is 10.4. The first-order valence-corrected chi connectivity index (χ1v) is 13.0. The number of ether oxygens (including phenoxy) is 1. The molecule has 4 heterocycles. The standard InChI is InChI=1S/C27H34N8O5/c1-26(2,37)7-8-39-18-5-6-19-21(9-18)40-25(33-19)34-12-16(13-34)20-11-29-24(22(32-20)23(28)36)31-17-10-30-35(14-17)15-27(3,4)38/h5-6,9-11,14,16,37-38H,7-8,12-13,15H2,1-4H3,(H2,28,36)(H,29,31). The molecule has 13 heteroatoms. The molecule has 1 aliphatic rings. The Labute approximate surface area is 231 Å². The van der Waals surface area contributed by atoms with Gasteiger partial charge in [0.15, 0.2) is 17.1 Å². The molecule has 1 fully saturated rings. The van der Waals surface area contributed by atoms with Crippen molar-refractivity contribution in [2.45, 2.75) is 57.8 Å². The summed E-state index contributed by atoms with van der Waals surface area (Å²) in [5.41, 5.74) is 6.49. The summed E-state index contributed by atoms with van der Waals surface area (Å²) in [5, 5.41) is 27.1.